The fourth-order valence-corrected chi connectivity index (χ4v) is 2.81. The van der Waals surface area contributed by atoms with Gasteiger partial charge in [0.1, 0.15) is 0 Å². The lowest BCUT2D eigenvalue weighted by molar-refractivity contribution is 0.107. The highest BCUT2D eigenvalue weighted by Gasteiger charge is 2.28. The van der Waals surface area contributed by atoms with E-state index in [0.717, 1.165) is 27.7 Å². The smallest absolute Gasteiger partial charge is 0.230 e. The van der Waals surface area contributed by atoms with Crippen molar-refractivity contribution in [3.05, 3.63) is 71.8 Å². The van der Waals surface area contributed by atoms with Crippen LogP contribution in [0, 0.1) is 6.92 Å². The molecule has 1 N–H and O–H groups in total. The Morgan fingerprint density at radius 2 is 1.68 bits per heavy atom. The lowest BCUT2D eigenvalue weighted by Gasteiger charge is -2.02. The molecule has 1 aliphatic heterocycles. The first kappa shape index (κ1) is 12.8. The minimum Gasteiger partial charge on any atom is -0.336 e. The van der Waals surface area contributed by atoms with Crippen LogP contribution in [-0.2, 0) is 0 Å². The number of anilines is 1. The molecule has 106 valence electrons. The van der Waals surface area contributed by atoms with E-state index >= 15 is 0 Å². The predicted octanol–water partition coefficient (Wildman–Crippen LogP) is 4.49. The Bertz CT molecular complexity index is 941. The van der Waals surface area contributed by atoms with E-state index in [4.69, 9.17) is 0 Å². The molecule has 22 heavy (non-hydrogen) atoms. The summed E-state index contributed by atoms with van der Waals surface area (Å²) in [5.41, 5.74) is 3.40. The molecule has 0 atom stereocenters. The van der Waals surface area contributed by atoms with Crippen LogP contribution in [-0.4, -0.2) is 11.6 Å². The Labute approximate surface area is 128 Å². The van der Waals surface area contributed by atoms with Crippen molar-refractivity contribution in [2.24, 2.45) is 4.99 Å². The summed E-state index contributed by atoms with van der Waals surface area (Å²) in [7, 11) is 0. The summed E-state index contributed by atoms with van der Waals surface area (Å²) < 4.78 is 0. The van der Waals surface area contributed by atoms with Crippen molar-refractivity contribution in [1.82, 2.24) is 0 Å². The van der Waals surface area contributed by atoms with Crippen molar-refractivity contribution in [2.75, 3.05) is 5.32 Å². The number of carbonyl (C=O) groups excluding carboxylic acids is 1. The van der Waals surface area contributed by atoms with E-state index in [1.165, 1.54) is 0 Å². The molecule has 0 fully saturated rings. The van der Waals surface area contributed by atoms with Gasteiger partial charge in [0.15, 0.2) is 5.84 Å². The fraction of sp³-hybridized carbons (Fsp3) is 0.0526. The van der Waals surface area contributed by atoms with Crippen LogP contribution < -0.4 is 5.32 Å². The summed E-state index contributed by atoms with van der Waals surface area (Å²) in [5.74, 6) is 0.343. The summed E-state index contributed by atoms with van der Waals surface area (Å²) in [6, 6.07) is 19.7. The van der Waals surface area contributed by atoms with E-state index in [9.17, 15) is 4.79 Å². The van der Waals surface area contributed by atoms with Crippen LogP contribution in [0.5, 0.6) is 0 Å². The number of nitrogens with zero attached hydrogens (tertiary/aromatic N) is 1. The van der Waals surface area contributed by atoms with Crippen molar-refractivity contribution < 1.29 is 4.79 Å². The Hall–Kier alpha value is -2.94. The van der Waals surface area contributed by atoms with Gasteiger partial charge in [0.05, 0.1) is 16.9 Å². The fourth-order valence-electron chi connectivity index (χ4n) is 2.81. The molecule has 0 amide bonds. The van der Waals surface area contributed by atoms with Gasteiger partial charge in [-0.25, -0.2) is 4.99 Å². The summed E-state index contributed by atoms with van der Waals surface area (Å²) >= 11 is 0. The molecule has 0 spiro atoms. The van der Waals surface area contributed by atoms with Gasteiger partial charge in [-0.15, -0.1) is 0 Å². The van der Waals surface area contributed by atoms with Crippen LogP contribution >= 0.6 is 0 Å². The first-order chi connectivity index (χ1) is 10.7. The highest BCUT2D eigenvalue weighted by atomic mass is 16.1. The average Bonchev–Trinajstić information content (AvgIpc) is 2.86. The third kappa shape index (κ3) is 1.91. The van der Waals surface area contributed by atoms with Gasteiger partial charge in [-0.1, -0.05) is 48.5 Å². The Balaban J connectivity index is 1.86. The van der Waals surface area contributed by atoms with Crippen LogP contribution in [0.3, 0.4) is 0 Å². The molecule has 3 heteroatoms. The molecule has 3 aromatic rings. The second kappa shape index (κ2) is 4.81. The molecule has 0 saturated heterocycles. The molecule has 1 aliphatic rings. The van der Waals surface area contributed by atoms with E-state index in [0.29, 0.717) is 11.4 Å². The van der Waals surface area contributed by atoms with Gasteiger partial charge >= 0.3 is 0 Å². The number of amidine groups is 1. The topological polar surface area (TPSA) is 41.5 Å². The van der Waals surface area contributed by atoms with Crippen molar-refractivity contribution in [3.63, 3.8) is 0 Å². The van der Waals surface area contributed by atoms with Gasteiger partial charge in [0.2, 0.25) is 5.78 Å². The minimum absolute atomic E-state index is 0.0462. The van der Waals surface area contributed by atoms with Crippen LogP contribution in [0.4, 0.5) is 11.4 Å². The lowest BCUT2D eigenvalue weighted by Crippen LogP contribution is -2.13. The molecular formula is C19H14N2O. The third-order valence-electron chi connectivity index (χ3n) is 3.97. The van der Waals surface area contributed by atoms with Crippen molar-refractivity contribution >= 4 is 33.8 Å². The zero-order valence-corrected chi connectivity index (χ0v) is 12.1. The largest absolute Gasteiger partial charge is 0.336 e. The summed E-state index contributed by atoms with van der Waals surface area (Å²) in [6.45, 7) is 1.99. The number of hydrogen-bond acceptors (Lipinski definition) is 2. The number of fused-ring (bicyclic) bond motifs is 3. The van der Waals surface area contributed by atoms with Gasteiger partial charge in [0.25, 0.3) is 0 Å². The number of hydrogen-bond donors (Lipinski definition) is 1. The van der Waals surface area contributed by atoms with Crippen LogP contribution in [0.2, 0.25) is 0 Å². The van der Waals surface area contributed by atoms with E-state index in [1.807, 2.05) is 67.6 Å². The van der Waals surface area contributed by atoms with Gasteiger partial charge in [-0.05, 0) is 35.4 Å². The summed E-state index contributed by atoms with van der Waals surface area (Å²) in [6.07, 6.45) is 0. The molecule has 3 aromatic carbocycles. The number of para-hydroxylation sites is 1. The number of aryl methyl sites for hydroxylation is 1. The first-order valence-corrected chi connectivity index (χ1v) is 7.22. The highest BCUT2D eigenvalue weighted by molar-refractivity contribution is 6.56. The normalized spacial score (nSPS) is 15.1. The molecule has 0 bridgehead atoms. The second-order valence-electron chi connectivity index (χ2n) is 5.41. The van der Waals surface area contributed by atoms with Crippen LogP contribution in [0.1, 0.15) is 15.9 Å². The monoisotopic (exact) mass is 286 g/mol. The van der Waals surface area contributed by atoms with E-state index in [1.54, 1.807) is 0 Å². The van der Waals surface area contributed by atoms with E-state index < -0.39 is 0 Å². The van der Waals surface area contributed by atoms with Crippen molar-refractivity contribution in [1.29, 1.82) is 0 Å². The van der Waals surface area contributed by atoms with Gasteiger partial charge < -0.3 is 5.32 Å². The summed E-state index contributed by atoms with van der Waals surface area (Å²) in [4.78, 5) is 17.2. The molecule has 1 heterocycles. The molecule has 0 aliphatic carbocycles. The standard InChI is InChI=1S/C19H14N2O/c1-12-6-2-5-9-15(12)20-19-18(22)17-14-8-4-3-7-13(14)10-11-16(17)21-19/h2-11H,1H3,(H,20,21,22). The molecule has 0 aromatic heterocycles. The second-order valence-corrected chi connectivity index (χ2v) is 5.41. The average molecular weight is 286 g/mol. The first-order valence-electron chi connectivity index (χ1n) is 7.22. The Morgan fingerprint density at radius 1 is 0.909 bits per heavy atom. The number of carbonyl (C=O) groups is 1. The van der Waals surface area contributed by atoms with Crippen molar-refractivity contribution in [3.8, 4) is 0 Å². The van der Waals surface area contributed by atoms with E-state index in [2.05, 4.69) is 10.3 Å². The zero-order chi connectivity index (χ0) is 15.1. The third-order valence-corrected chi connectivity index (χ3v) is 3.97. The molecule has 0 saturated carbocycles. The van der Waals surface area contributed by atoms with Gasteiger partial charge in [0, 0.05) is 0 Å². The molecule has 3 nitrogen and oxygen atoms in total. The number of ketones is 1. The maximum absolute atomic E-state index is 12.7. The van der Waals surface area contributed by atoms with E-state index in [-0.39, 0.29) is 5.78 Å². The Kier molecular flexibility index (Phi) is 2.79. The van der Waals surface area contributed by atoms with Gasteiger partial charge in [-0.3, -0.25) is 4.79 Å². The van der Waals surface area contributed by atoms with Crippen molar-refractivity contribution in [2.45, 2.75) is 6.92 Å². The van der Waals surface area contributed by atoms with Crippen LogP contribution in [0.25, 0.3) is 10.8 Å². The molecule has 4 rings (SSSR count). The molecule has 0 radical (unpaired) electrons. The summed E-state index contributed by atoms with van der Waals surface area (Å²) in [5, 5.41) is 5.18. The predicted molar refractivity (Wildman–Crippen MR) is 90.2 cm³/mol. The minimum atomic E-state index is -0.0462. The lowest BCUT2D eigenvalue weighted by atomic mass is 10.0. The molecule has 0 unspecified atom stereocenters. The molecular weight excluding hydrogens is 272 g/mol. The number of nitrogens with one attached hydrogen (secondary N) is 1. The maximum Gasteiger partial charge on any atom is 0.230 e. The number of Topliss-reactive ketones (excluding diaryl/α,β-unsaturated/α-hetero) is 1. The Morgan fingerprint density at radius 3 is 2.55 bits per heavy atom. The van der Waals surface area contributed by atoms with Crippen LogP contribution in [0.15, 0.2) is 65.7 Å². The number of aliphatic imine (C=N–C) groups is 1. The number of benzene rings is 3. The van der Waals surface area contributed by atoms with Gasteiger partial charge in [-0.2, -0.15) is 0 Å². The SMILES string of the molecule is Cc1ccccc1N=C1Nc2ccc3ccccc3c2C1=O. The maximum atomic E-state index is 12.7. The zero-order valence-electron chi connectivity index (χ0n) is 12.1. The quantitative estimate of drug-likeness (QED) is 0.716. The number of rotatable bonds is 1. The highest BCUT2D eigenvalue weighted by Crippen LogP contribution is 2.32.